The van der Waals surface area contributed by atoms with Crippen molar-refractivity contribution in [1.29, 1.82) is 0 Å². The summed E-state index contributed by atoms with van der Waals surface area (Å²) in [5.41, 5.74) is -0.0659. The highest BCUT2D eigenvalue weighted by molar-refractivity contribution is 9.10. The summed E-state index contributed by atoms with van der Waals surface area (Å²) in [5, 5.41) is 2.65. The van der Waals surface area contributed by atoms with E-state index in [1.807, 2.05) is 0 Å². The lowest BCUT2D eigenvalue weighted by Crippen LogP contribution is -2.33. The number of rotatable bonds is 10. The summed E-state index contributed by atoms with van der Waals surface area (Å²) >= 11 is 3.13. The van der Waals surface area contributed by atoms with Crippen molar-refractivity contribution in [2.45, 2.75) is 12.8 Å². The molecule has 158 valence electrons. The number of hydrogen-bond acceptors (Lipinski definition) is 4. The van der Waals surface area contributed by atoms with Crippen molar-refractivity contribution in [3.63, 3.8) is 0 Å². The molecule has 0 bridgehead atoms. The summed E-state index contributed by atoms with van der Waals surface area (Å²) in [7, 11) is -3.71. The first-order chi connectivity index (χ1) is 13.7. The van der Waals surface area contributed by atoms with Gasteiger partial charge in [-0.15, -0.1) is 0 Å². The van der Waals surface area contributed by atoms with E-state index in [0.29, 0.717) is 10.2 Å². The highest BCUT2D eigenvalue weighted by Gasteiger charge is 2.21. The lowest BCUT2D eigenvalue weighted by molar-refractivity contribution is -0.121. The summed E-state index contributed by atoms with van der Waals surface area (Å²) < 4.78 is 57.8. The fourth-order valence-corrected chi connectivity index (χ4v) is 3.81. The number of ether oxygens (including phenoxy) is 1. The minimum atomic E-state index is -3.71. The predicted molar refractivity (Wildman–Crippen MR) is 110 cm³/mol. The van der Waals surface area contributed by atoms with E-state index in [1.165, 1.54) is 36.4 Å². The molecule has 0 radical (unpaired) electrons. The van der Waals surface area contributed by atoms with Gasteiger partial charge >= 0.3 is 0 Å². The van der Waals surface area contributed by atoms with Crippen LogP contribution < -0.4 is 14.4 Å². The van der Waals surface area contributed by atoms with Crippen LogP contribution in [0.1, 0.15) is 12.8 Å². The first kappa shape index (κ1) is 23.1. The third kappa shape index (κ3) is 7.62. The lowest BCUT2D eigenvalue weighted by Gasteiger charge is -2.23. The molecule has 0 fully saturated rings. The SMILES string of the molecule is CS(=O)(=O)N(CCCC(=O)NCCOc1ccc(F)cc1)c1ccc(Br)cc1F. The van der Waals surface area contributed by atoms with Crippen LogP contribution in [0, 0.1) is 11.6 Å². The number of carbonyl (C=O) groups excluding carboxylic acids is 1. The molecule has 2 aromatic rings. The van der Waals surface area contributed by atoms with Gasteiger partial charge in [0.2, 0.25) is 15.9 Å². The molecule has 2 rings (SSSR count). The number of benzene rings is 2. The Morgan fingerprint density at radius 1 is 1.17 bits per heavy atom. The number of hydrogen-bond donors (Lipinski definition) is 1. The number of amides is 1. The fourth-order valence-electron chi connectivity index (χ4n) is 2.51. The van der Waals surface area contributed by atoms with Crippen LogP contribution in [0.25, 0.3) is 0 Å². The Kier molecular flexibility index (Phi) is 8.39. The van der Waals surface area contributed by atoms with Crippen molar-refractivity contribution in [1.82, 2.24) is 5.32 Å². The van der Waals surface area contributed by atoms with Gasteiger partial charge in [0.1, 0.15) is 24.0 Å². The van der Waals surface area contributed by atoms with Crippen molar-refractivity contribution in [3.05, 3.63) is 58.6 Å². The Hall–Kier alpha value is -2.20. The zero-order valence-electron chi connectivity index (χ0n) is 15.7. The average Bonchev–Trinajstić information content (AvgIpc) is 2.64. The molecule has 2 aromatic carbocycles. The number of nitrogens with one attached hydrogen (secondary N) is 1. The predicted octanol–water partition coefficient (Wildman–Crippen LogP) is 3.47. The number of sulfonamides is 1. The molecule has 10 heteroatoms. The van der Waals surface area contributed by atoms with Gasteiger partial charge in [0, 0.05) is 17.4 Å². The zero-order chi connectivity index (χ0) is 21.4. The van der Waals surface area contributed by atoms with E-state index in [0.717, 1.165) is 10.6 Å². The highest BCUT2D eigenvalue weighted by Crippen LogP contribution is 2.25. The van der Waals surface area contributed by atoms with Gasteiger partial charge in [-0.1, -0.05) is 15.9 Å². The molecular weight excluding hydrogens is 470 g/mol. The molecule has 0 aliphatic rings. The van der Waals surface area contributed by atoms with Crippen LogP contribution in [-0.4, -0.2) is 40.3 Å². The number of nitrogens with zero attached hydrogens (tertiary/aromatic N) is 1. The Labute approximate surface area is 177 Å². The Bertz CT molecular complexity index is 940. The molecule has 0 saturated heterocycles. The van der Waals surface area contributed by atoms with E-state index in [-0.39, 0.29) is 49.9 Å². The normalized spacial score (nSPS) is 11.2. The van der Waals surface area contributed by atoms with E-state index in [4.69, 9.17) is 4.74 Å². The maximum atomic E-state index is 14.1. The van der Waals surface area contributed by atoms with E-state index in [1.54, 1.807) is 6.07 Å². The van der Waals surface area contributed by atoms with E-state index in [9.17, 15) is 22.0 Å². The van der Waals surface area contributed by atoms with Crippen molar-refractivity contribution in [2.24, 2.45) is 0 Å². The minimum absolute atomic E-state index is 0.0309. The van der Waals surface area contributed by atoms with Gasteiger partial charge in [0.25, 0.3) is 0 Å². The van der Waals surface area contributed by atoms with Gasteiger partial charge in [-0.05, 0) is 48.9 Å². The average molecular weight is 491 g/mol. The van der Waals surface area contributed by atoms with Crippen molar-refractivity contribution in [3.8, 4) is 5.75 Å². The van der Waals surface area contributed by atoms with Crippen LogP contribution in [0.2, 0.25) is 0 Å². The molecule has 0 spiro atoms. The Balaban J connectivity index is 1.78. The Morgan fingerprint density at radius 3 is 2.48 bits per heavy atom. The Morgan fingerprint density at radius 2 is 1.86 bits per heavy atom. The second-order valence-corrected chi connectivity index (χ2v) is 9.01. The second-order valence-electron chi connectivity index (χ2n) is 6.19. The molecule has 0 aliphatic heterocycles. The smallest absolute Gasteiger partial charge is 0.232 e. The van der Waals surface area contributed by atoms with Crippen LogP contribution in [0.5, 0.6) is 5.75 Å². The van der Waals surface area contributed by atoms with E-state index < -0.39 is 15.8 Å². The van der Waals surface area contributed by atoms with Crippen molar-refractivity contribution < 1.29 is 26.7 Å². The number of halogens is 3. The lowest BCUT2D eigenvalue weighted by atomic mass is 10.2. The molecule has 0 atom stereocenters. The standard InChI is InChI=1S/C19H21BrF2N2O4S/c1-29(26,27)24(18-9-4-14(20)13-17(18)22)11-2-3-19(25)23-10-12-28-16-7-5-15(21)6-8-16/h4-9,13H,2-3,10-12H2,1H3,(H,23,25). The van der Waals surface area contributed by atoms with Crippen LogP contribution in [0.4, 0.5) is 14.5 Å². The van der Waals surface area contributed by atoms with Gasteiger partial charge in [0.05, 0.1) is 18.5 Å². The summed E-state index contributed by atoms with van der Waals surface area (Å²) in [5.74, 6) is -0.831. The first-order valence-corrected chi connectivity index (χ1v) is 11.4. The largest absolute Gasteiger partial charge is 0.492 e. The molecule has 29 heavy (non-hydrogen) atoms. The minimum Gasteiger partial charge on any atom is -0.492 e. The van der Waals surface area contributed by atoms with Gasteiger partial charge in [-0.25, -0.2) is 17.2 Å². The molecule has 1 N–H and O–H groups in total. The van der Waals surface area contributed by atoms with Crippen LogP contribution >= 0.6 is 15.9 Å². The molecule has 6 nitrogen and oxygen atoms in total. The molecule has 0 unspecified atom stereocenters. The third-order valence-electron chi connectivity index (χ3n) is 3.85. The molecule has 0 aromatic heterocycles. The second kappa shape index (κ2) is 10.5. The summed E-state index contributed by atoms with van der Waals surface area (Å²) in [6.07, 6.45) is 1.27. The fraction of sp³-hybridized carbons (Fsp3) is 0.316. The third-order valence-corrected chi connectivity index (χ3v) is 5.52. The molecule has 0 aliphatic carbocycles. The summed E-state index contributed by atoms with van der Waals surface area (Å²) in [6, 6.07) is 9.61. The molecular formula is C19H21BrF2N2O4S. The van der Waals surface area contributed by atoms with Gasteiger partial charge in [0.15, 0.2) is 0 Å². The van der Waals surface area contributed by atoms with Gasteiger partial charge in [-0.3, -0.25) is 9.10 Å². The summed E-state index contributed by atoms with van der Waals surface area (Å²) in [4.78, 5) is 11.9. The molecule has 1 amide bonds. The van der Waals surface area contributed by atoms with Crippen molar-refractivity contribution in [2.75, 3.05) is 30.3 Å². The highest BCUT2D eigenvalue weighted by atomic mass is 79.9. The van der Waals surface area contributed by atoms with Crippen molar-refractivity contribution >= 4 is 37.5 Å². The maximum absolute atomic E-state index is 14.1. The first-order valence-electron chi connectivity index (χ1n) is 8.74. The molecule has 0 saturated carbocycles. The van der Waals surface area contributed by atoms with Crippen LogP contribution in [0.3, 0.4) is 0 Å². The van der Waals surface area contributed by atoms with E-state index >= 15 is 0 Å². The quantitative estimate of drug-likeness (QED) is 0.517. The maximum Gasteiger partial charge on any atom is 0.232 e. The van der Waals surface area contributed by atoms with E-state index in [2.05, 4.69) is 21.2 Å². The summed E-state index contributed by atoms with van der Waals surface area (Å²) in [6.45, 7) is 0.418. The van der Waals surface area contributed by atoms with Gasteiger partial charge in [-0.2, -0.15) is 0 Å². The zero-order valence-corrected chi connectivity index (χ0v) is 18.1. The van der Waals surface area contributed by atoms with Gasteiger partial charge < -0.3 is 10.1 Å². The number of anilines is 1. The topological polar surface area (TPSA) is 75.7 Å². The van der Waals surface area contributed by atoms with Crippen LogP contribution in [0.15, 0.2) is 46.9 Å². The monoisotopic (exact) mass is 490 g/mol. The molecule has 0 heterocycles. The number of carbonyl (C=O) groups is 1. The van der Waals surface area contributed by atoms with Crippen LogP contribution in [-0.2, 0) is 14.8 Å².